The maximum atomic E-state index is 12.6. The van der Waals surface area contributed by atoms with Crippen LogP contribution in [0.4, 0.5) is 4.79 Å². The van der Waals surface area contributed by atoms with Gasteiger partial charge < -0.3 is 34.3 Å². The minimum Gasteiger partial charge on any atom is -0.493 e. The van der Waals surface area contributed by atoms with Gasteiger partial charge in [0.1, 0.15) is 5.75 Å². The molecule has 2 aromatic carbocycles. The zero-order valence-corrected chi connectivity index (χ0v) is 26.1. The lowest BCUT2D eigenvalue weighted by Gasteiger charge is -2.28. The summed E-state index contributed by atoms with van der Waals surface area (Å²) in [5.41, 5.74) is 3.87. The van der Waals surface area contributed by atoms with Crippen molar-refractivity contribution in [2.75, 3.05) is 33.5 Å². The average Bonchev–Trinajstić information content (AvgIpc) is 2.95. The molecule has 13 nitrogen and oxygen atoms in total. The van der Waals surface area contributed by atoms with Gasteiger partial charge in [-0.25, -0.2) is 19.8 Å². The van der Waals surface area contributed by atoms with Crippen LogP contribution in [0.3, 0.4) is 0 Å². The normalized spacial score (nSPS) is 14.5. The van der Waals surface area contributed by atoms with Crippen LogP contribution in [0.1, 0.15) is 37.9 Å². The number of urea groups is 1. The van der Waals surface area contributed by atoms with Crippen LogP contribution in [-0.2, 0) is 23.9 Å². The summed E-state index contributed by atoms with van der Waals surface area (Å²) < 4.78 is 27.1. The first-order valence-corrected chi connectivity index (χ1v) is 14.1. The minimum atomic E-state index is -0.800. The first-order valence-electron chi connectivity index (χ1n) is 12.9. The standard InChI is InChI=1S/C28H30BrClN4O9/c1-5-40-23(36)14-43-26-17(9-18(30)11-19(26)29)12-31-34-22(35)13-42-20-8-7-16(10-21(20)39-4)25-24(27(37)41-6-2)15(3)32-28(38)33-25/h7-12,25H,5-6,13-14H2,1-4H3,(H,34,35)(H2,32,33,38)/b31-12+/t25-/m0/s1. The summed E-state index contributed by atoms with van der Waals surface area (Å²) in [7, 11) is 1.41. The van der Waals surface area contributed by atoms with E-state index in [4.69, 9.17) is 35.3 Å². The van der Waals surface area contributed by atoms with Gasteiger partial charge in [-0.2, -0.15) is 5.10 Å². The number of rotatable bonds is 13. The molecule has 0 radical (unpaired) electrons. The van der Waals surface area contributed by atoms with Gasteiger partial charge in [-0.15, -0.1) is 0 Å². The molecule has 43 heavy (non-hydrogen) atoms. The number of halogens is 2. The van der Waals surface area contributed by atoms with Crippen LogP contribution in [0, 0.1) is 0 Å². The fraction of sp³-hybridized carbons (Fsp3) is 0.321. The summed E-state index contributed by atoms with van der Waals surface area (Å²) in [5, 5.41) is 9.58. The number of hydrogen-bond donors (Lipinski definition) is 3. The van der Waals surface area contributed by atoms with Crippen molar-refractivity contribution >= 4 is 57.6 Å². The summed E-state index contributed by atoms with van der Waals surface area (Å²) in [4.78, 5) is 48.9. The monoisotopic (exact) mass is 680 g/mol. The van der Waals surface area contributed by atoms with Gasteiger partial charge in [0, 0.05) is 16.3 Å². The number of amides is 3. The molecule has 2 aromatic rings. The third-order valence-corrected chi connectivity index (χ3v) is 6.52. The van der Waals surface area contributed by atoms with Gasteiger partial charge in [0.25, 0.3) is 5.91 Å². The van der Waals surface area contributed by atoms with Crippen LogP contribution in [0.5, 0.6) is 17.2 Å². The van der Waals surface area contributed by atoms with E-state index in [9.17, 15) is 19.2 Å². The predicted octanol–water partition coefficient (Wildman–Crippen LogP) is 3.77. The Balaban J connectivity index is 1.68. The molecule has 0 aromatic heterocycles. The summed E-state index contributed by atoms with van der Waals surface area (Å²) in [6.07, 6.45) is 1.30. The maximum Gasteiger partial charge on any atom is 0.344 e. The fourth-order valence-electron chi connectivity index (χ4n) is 3.92. The highest BCUT2D eigenvalue weighted by atomic mass is 79.9. The molecule has 0 unspecified atom stereocenters. The molecule has 0 saturated carbocycles. The average molecular weight is 682 g/mol. The second-order valence-corrected chi connectivity index (χ2v) is 9.97. The lowest BCUT2D eigenvalue weighted by molar-refractivity contribution is -0.145. The zero-order chi connectivity index (χ0) is 31.5. The number of nitrogens with one attached hydrogen (secondary N) is 3. The Bertz CT molecular complexity index is 1450. The van der Waals surface area contributed by atoms with Crippen molar-refractivity contribution in [1.29, 1.82) is 0 Å². The van der Waals surface area contributed by atoms with Crippen LogP contribution >= 0.6 is 27.5 Å². The van der Waals surface area contributed by atoms with Crippen LogP contribution in [-0.4, -0.2) is 63.6 Å². The maximum absolute atomic E-state index is 12.6. The molecule has 3 amide bonds. The number of allylic oxidation sites excluding steroid dienone is 1. The van der Waals surface area contributed by atoms with Crippen molar-refractivity contribution < 1.29 is 42.9 Å². The molecular weight excluding hydrogens is 652 g/mol. The molecule has 3 N–H and O–H groups in total. The molecule has 1 aliphatic rings. The zero-order valence-electron chi connectivity index (χ0n) is 23.7. The Morgan fingerprint density at radius 3 is 2.51 bits per heavy atom. The molecule has 0 fully saturated rings. The number of esters is 2. The lowest BCUT2D eigenvalue weighted by atomic mass is 9.95. The van der Waals surface area contributed by atoms with Gasteiger partial charge in [-0.05, 0) is 66.5 Å². The number of carbonyl (C=O) groups excluding carboxylic acids is 4. The van der Waals surface area contributed by atoms with Crippen LogP contribution < -0.4 is 30.3 Å². The Morgan fingerprint density at radius 1 is 1.07 bits per heavy atom. The summed E-state index contributed by atoms with van der Waals surface area (Å²) in [5.74, 6) is -0.944. The number of carbonyl (C=O) groups is 4. The van der Waals surface area contributed by atoms with Gasteiger partial charge in [0.05, 0.1) is 42.6 Å². The van der Waals surface area contributed by atoms with Gasteiger partial charge in [-0.3, -0.25) is 4.79 Å². The lowest BCUT2D eigenvalue weighted by Crippen LogP contribution is -2.45. The third-order valence-electron chi connectivity index (χ3n) is 5.71. The molecule has 0 spiro atoms. The van der Waals surface area contributed by atoms with Crippen molar-refractivity contribution in [3.63, 3.8) is 0 Å². The van der Waals surface area contributed by atoms with E-state index in [0.717, 1.165) is 0 Å². The molecule has 1 aliphatic heterocycles. The quantitative estimate of drug-likeness (QED) is 0.162. The van der Waals surface area contributed by atoms with Crippen LogP contribution in [0.2, 0.25) is 5.02 Å². The number of hydrazone groups is 1. The Hall–Kier alpha value is -4.30. The van der Waals surface area contributed by atoms with Gasteiger partial charge >= 0.3 is 18.0 Å². The highest BCUT2D eigenvalue weighted by molar-refractivity contribution is 9.10. The number of hydrogen-bond acceptors (Lipinski definition) is 10. The molecule has 3 rings (SSSR count). The highest BCUT2D eigenvalue weighted by Crippen LogP contribution is 2.35. The van der Waals surface area contributed by atoms with Crippen molar-refractivity contribution in [1.82, 2.24) is 16.1 Å². The summed E-state index contributed by atoms with van der Waals surface area (Å²) >= 11 is 9.46. The molecular formula is C28H30BrClN4O9. The van der Waals surface area contributed by atoms with Crippen molar-refractivity contribution in [2.24, 2.45) is 5.10 Å². The van der Waals surface area contributed by atoms with Crippen molar-refractivity contribution in [2.45, 2.75) is 26.8 Å². The Labute approximate surface area is 261 Å². The predicted molar refractivity (Wildman–Crippen MR) is 159 cm³/mol. The van der Waals surface area contributed by atoms with E-state index in [2.05, 4.69) is 37.1 Å². The van der Waals surface area contributed by atoms with Crippen LogP contribution in [0.25, 0.3) is 0 Å². The third kappa shape index (κ3) is 9.09. The second-order valence-electron chi connectivity index (χ2n) is 8.68. The molecule has 0 aliphatic carbocycles. The van der Waals surface area contributed by atoms with Crippen LogP contribution in [0.15, 0.2) is 51.2 Å². The van der Waals surface area contributed by atoms with Crippen molar-refractivity contribution in [3.8, 4) is 17.2 Å². The SMILES string of the molecule is CCOC(=O)COc1c(Br)cc(Cl)cc1/C=N/NC(=O)COc1ccc([C@@H]2NC(=O)NC(C)=C2C(=O)OCC)cc1OC. The molecule has 15 heteroatoms. The first kappa shape index (κ1) is 33.2. The van der Waals surface area contributed by atoms with E-state index in [1.54, 1.807) is 51.1 Å². The molecule has 1 heterocycles. The van der Waals surface area contributed by atoms with Gasteiger partial charge in [0.2, 0.25) is 0 Å². The first-order chi connectivity index (χ1) is 20.6. The summed E-state index contributed by atoms with van der Waals surface area (Å²) in [6, 6.07) is 6.61. The number of benzene rings is 2. The second kappa shape index (κ2) is 15.8. The van der Waals surface area contributed by atoms with E-state index in [-0.39, 0.29) is 42.6 Å². The summed E-state index contributed by atoms with van der Waals surface area (Å²) in [6.45, 7) is 4.60. The topological polar surface area (TPSA) is 163 Å². The molecule has 1 atom stereocenters. The number of methoxy groups -OCH3 is 1. The van der Waals surface area contributed by atoms with Crippen molar-refractivity contribution in [3.05, 3.63) is 62.2 Å². The van der Waals surface area contributed by atoms with E-state index in [0.29, 0.717) is 26.3 Å². The fourth-order valence-corrected chi connectivity index (χ4v) is 4.87. The van der Waals surface area contributed by atoms with Gasteiger partial charge in [-0.1, -0.05) is 17.7 Å². The minimum absolute atomic E-state index is 0.166. The Morgan fingerprint density at radius 2 is 1.81 bits per heavy atom. The van der Waals surface area contributed by atoms with Gasteiger partial charge in [0.15, 0.2) is 24.7 Å². The molecule has 230 valence electrons. The highest BCUT2D eigenvalue weighted by Gasteiger charge is 2.32. The largest absolute Gasteiger partial charge is 0.493 e. The molecule has 0 saturated heterocycles. The number of nitrogens with zero attached hydrogens (tertiary/aromatic N) is 1. The Kier molecular flexibility index (Phi) is 12.2. The number of ether oxygens (including phenoxy) is 5. The smallest absolute Gasteiger partial charge is 0.344 e. The van der Waals surface area contributed by atoms with E-state index in [1.165, 1.54) is 13.3 Å². The van der Waals surface area contributed by atoms with E-state index < -0.39 is 36.5 Å². The molecule has 0 bridgehead atoms. The van der Waals surface area contributed by atoms with E-state index in [1.807, 2.05) is 0 Å². The van der Waals surface area contributed by atoms with E-state index >= 15 is 0 Å².